The summed E-state index contributed by atoms with van der Waals surface area (Å²) < 4.78 is 5.26. The van der Waals surface area contributed by atoms with Crippen molar-refractivity contribution in [2.24, 2.45) is 5.41 Å². The van der Waals surface area contributed by atoms with Crippen molar-refractivity contribution in [3.8, 4) is 0 Å². The quantitative estimate of drug-likeness (QED) is 0.751. The van der Waals surface area contributed by atoms with Gasteiger partial charge in [-0.1, -0.05) is 30.3 Å². The molecule has 0 aliphatic carbocycles. The van der Waals surface area contributed by atoms with E-state index < -0.39 is 5.41 Å². The second kappa shape index (κ2) is 8.07. The molecule has 2 heterocycles. The maximum absolute atomic E-state index is 12.2. The molecule has 1 fully saturated rings. The van der Waals surface area contributed by atoms with E-state index in [-0.39, 0.29) is 5.97 Å². The van der Waals surface area contributed by atoms with E-state index in [0.29, 0.717) is 6.61 Å². The first kappa shape index (κ1) is 19.3. The minimum Gasteiger partial charge on any atom is -0.466 e. The van der Waals surface area contributed by atoms with Crippen LogP contribution in [-0.2, 0) is 16.0 Å². The van der Waals surface area contributed by atoms with Crippen LogP contribution in [0.4, 0.5) is 5.82 Å². The first-order valence-corrected chi connectivity index (χ1v) is 9.73. The van der Waals surface area contributed by atoms with Crippen LogP contribution < -0.4 is 4.90 Å². The highest BCUT2D eigenvalue weighted by atomic mass is 16.5. The number of benzene rings is 1. The summed E-state index contributed by atoms with van der Waals surface area (Å²) in [7, 11) is 0. The van der Waals surface area contributed by atoms with E-state index in [4.69, 9.17) is 4.74 Å². The lowest BCUT2D eigenvalue weighted by molar-refractivity contribution is -0.155. The van der Waals surface area contributed by atoms with Gasteiger partial charge in [-0.15, -0.1) is 5.10 Å². The van der Waals surface area contributed by atoms with E-state index in [0.717, 1.165) is 43.9 Å². The van der Waals surface area contributed by atoms with Gasteiger partial charge in [0, 0.05) is 19.5 Å². The molecular formula is C22H29N3O2. The van der Waals surface area contributed by atoms with Crippen LogP contribution >= 0.6 is 0 Å². The van der Waals surface area contributed by atoms with Crippen LogP contribution in [0.2, 0.25) is 0 Å². The van der Waals surface area contributed by atoms with E-state index in [1.165, 1.54) is 16.7 Å². The number of piperidine rings is 1. The Labute approximate surface area is 161 Å². The van der Waals surface area contributed by atoms with Gasteiger partial charge in [-0.05, 0) is 57.2 Å². The highest BCUT2D eigenvalue weighted by Gasteiger charge is 2.38. The summed E-state index contributed by atoms with van der Waals surface area (Å²) in [5, 5.41) is 9.07. The van der Waals surface area contributed by atoms with Crippen LogP contribution in [0, 0.1) is 19.3 Å². The minimum absolute atomic E-state index is 0.0816. The van der Waals surface area contributed by atoms with Gasteiger partial charge in [0.05, 0.1) is 17.7 Å². The molecule has 0 spiro atoms. The van der Waals surface area contributed by atoms with Crippen molar-refractivity contribution in [1.29, 1.82) is 0 Å². The highest BCUT2D eigenvalue weighted by Crippen LogP contribution is 2.35. The second-order valence-electron chi connectivity index (χ2n) is 7.65. The molecule has 0 N–H and O–H groups in total. The van der Waals surface area contributed by atoms with E-state index in [1.54, 1.807) is 0 Å². The average Bonchev–Trinajstić information content (AvgIpc) is 2.68. The van der Waals surface area contributed by atoms with Crippen molar-refractivity contribution < 1.29 is 9.53 Å². The molecule has 3 rings (SSSR count). The van der Waals surface area contributed by atoms with Crippen molar-refractivity contribution in [2.75, 3.05) is 24.6 Å². The summed E-state index contributed by atoms with van der Waals surface area (Å²) in [6.07, 6.45) is 2.34. The third kappa shape index (κ3) is 4.12. The van der Waals surface area contributed by atoms with Crippen LogP contribution in [0.1, 0.15) is 49.1 Å². The van der Waals surface area contributed by atoms with Gasteiger partial charge in [-0.25, -0.2) is 0 Å². The molecule has 2 aromatic rings. The molecule has 0 unspecified atom stereocenters. The number of hydrogen-bond acceptors (Lipinski definition) is 5. The molecular weight excluding hydrogens is 338 g/mol. The van der Waals surface area contributed by atoms with Gasteiger partial charge in [-0.2, -0.15) is 5.10 Å². The SMILES string of the molecule is CCOC(=O)C1(C)CCN(c2nnc(Cc3ccccc3)c(C)c2C)CC1. The van der Waals surface area contributed by atoms with Gasteiger partial charge in [0.15, 0.2) is 5.82 Å². The molecule has 1 aromatic carbocycles. The Bertz CT molecular complexity index is 797. The summed E-state index contributed by atoms with van der Waals surface area (Å²) in [5.41, 5.74) is 4.25. The minimum atomic E-state index is -0.393. The van der Waals surface area contributed by atoms with Crippen LogP contribution in [-0.4, -0.2) is 35.9 Å². The lowest BCUT2D eigenvalue weighted by Crippen LogP contribution is -2.44. The molecule has 0 saturated carbocycles. The maximum atomic E-state index is 12.2. The topological polar surface area (TPSA) is 55.3 Å². The van der Waals surface area contributed by atoms with Crippen LogP contribution in [0.15, 0.2) is 30.3 Å². The predicted octanol–water partition coefficient (Wildman–Crippen LogP) is 3.85. The number of rotatable bonds is 5. The smallest absolute Gasteiger partial charge is 0.311 e. The maximum Gasteiger partial charge on any atom is 0.311 e. The van der Waals surface area contributed by atoms with E-state index >= 15 is 0 Å². The molecule has 5 nitrogen and oxygen atoms in total. The molecule has 5 heteroatoms. The monoisotopic (exact) mass is 367 g/mol. The average molecular weight is 367 g/mol. The Morgan fingerprint density at radius 3 is 2.41 bits per heavy atom. The fraction of sp³-hybridized carbons (Fsp3) is 0.500. The molecule has 0 atom stereocenters. The summed E-state index contributed by atoms with van der Waals surface area (Å²) in [5.74, 6) is 0.858. The van der Waals surface area contributed by atoms with Gasteiger partial charge < -0.3 is 9.64 Å². The number of ether oxygens (including phenoxy) is 1. The fourth-order valence-corrected chi connectivity index (χ4v) is 3.62. The number of nitrogens with zero attached hydrogens (tertiary/aromatic N) is 3. The lowest BCUT2D eigenvalue weighted by atomic mass is 9.80. The molecule has 144 valence electrons. The third-order valence-corrected chi connectivity index (χ3v) is 5.75. The number of hydrogen-bond donors (Lipinski definition) is 0. The van der Waals surface area contributed by atoms with Gasteiger partial charge in [-0.3, -0.25) is 4.79 Å². The number of carbonyl (C=O) groups excluding carboxylic acids is 1. The number of carbonyl (C=O) groups is 1. The summed E-state index contributed by atoms with van der Waals surface area (Å²) in [6.45, 7) is 10.1. The van der Waals surface area contributed by atoms with Crippen LogP contribution in [0.25, 0.3) is 0 Å². The predicted molar refractivity (Wildman–Crippen MR) is 107 cm³/mol. The molecule has 1 saturated heterocycles. The normalized spacial score (nSPS) is 16.2. The molecule has 0 bridgehead atoms. The van der Waals surface area contributed by atoms with Gasteiger partial charge >= 0.3 is 5.97 Å². The summed E-state index contributed by atoms with van der Waals surface area (Å²) in [4.78, 5) is 14.5. The molecule has 0 amide bonds. The van der Waals surface area contributed by atoms with Gasteiger partial charge in [0.1, 0.15) is 0 Å². The Kier molecular flexibility index (Phi) is 5.78. The zero-order chi connectivity index (χ0) is 19.4. The zero-order valence-electron chi connectivity index (χ0n) is 16.8. The molecule has 1 aliphatic heterocycles. The van der Waals surface area contributed by atoms with Crippen molar-refractivity contribution in [2.45, 2.75) is 47.0 Å². The van der Waals surface area contributed by atoms with Crippen LogP contribution in [0.3, 0.4) is 0 Å². The Balaban J connectivity index is 1.73. The Morgan fingerprint density at radius 2 is 1.78 bits per heavy atom. The number of anilines is 1. The standard InChI is InChI=1S/C22H29N3O2/c1-5-27-21(26)22(4)11-13-25(14-12-22)20-17(3)16(2)19(23-24-20)15-18-9-7-6-8-10-18/h6-10H,5,11-15H2,1-4H3. The van der Waals surface area contributed by atoms with Crippen molar-refractivity contribution in [3.05, 3.63) is 52.7 Å². The molecule has 1 aromatic heterocycles. The van der Waals surface area contributed by atoms with Crippen LogP contribution in [0.5, 0.6) is 0 Å². The van der Waals surface area contributed by atoms with Crippen molar-refractivity contribution >= 4 is 11.8 Å². The fourth-order valence-electron chi connectivity index (χ4n) is 3.62. The highest BCUT2D eigenvalue weighted by molar-refractivity contribution is 5.76. The summed E-state index contributed by atoms with van der Waals surface area (Å²) >= 11 is 0. The number of aromatic nitrogens is 2. The van der Waals surface area contributed by atoms with Gasteiger partial charge in [0.2, 0.25) is 0 Å². The Hall–Kier alpha value is -2.43. The second-order valence-corrected chi connectivity index (χ2v) is 7.65. The first-order valence-electron chi connectivity index (χ1n) is 9.73. The zero-order valence-corrected chi connectivity index (χ0v) is 16.8. The largest absolute Gasteiger partial charge is 0.466 e. The molecule has 1 aliphatic rings. The first-order chi connectivity index (χ1) is 12.9. The summed E-state index contributed by atoms with van der Waals surface area (Å²) in [6, 6.07) is 10.4. The van der Waals surface area contributed by atoms with Gasteiger partial charge in [0.25, 0.3) is 0 Å². The molecule has 0 radical (unpaired) electrons. The molecule has 27 heavy (non-hydrogen) atoms. The van der Waals surface area contributed by atoms with E-state index in [1.807, 2.05) is 32.0 Å². The van der Waals surface area contributed by atoms with Crippen molar-refractivity contribution in [1.82, 2.24) is 10.2 Å². The lowest BCUT2D eigenvalue weighted by Gasteiger charge is -2.38. The van der Waals surface area contributed by atoms with Crippen molar-refractivity contribution in [3.63, 3.8) is 0 Å². The third-order valence-electron chi connectivity index (χ3n) is 5.75. The van der Waals surface area contributed by atoms with E-state index in [2.05, 4.69) is 41.1 Å². The Morgan fingerprint density at radius 1 is 1.11 bits per heavy atom. The number of esters is 1. The van der Waals surface area contributed by atoms with E-state index in [9.17, 15) is 4.79 Å².